The van der Waals surface area contributed by atoms with Crippen molar-refractivity contribution in [1.82, 2.24) is 0 Å². The minimum atomic E-state index is -3.33. The highest BCUT2D eigenvalue weighted by Gasteiger charge is 2.12. The number of ether oxygens (including phenoxy) is 1. The molecule has 4 nitrogen and oxygen atoms in total. The van der Waals surface area contributed by atoms with E-state index in [2.05, 4.69) is 5.32 Å². The fraction of sp³-hybridized carbons (Fsp3) is 0.500. The molecule has 0 radical (unpaired) electrons. The number of hydrogen-bond acceptors (Lipinski definition) is 4. The van der Waals surface area contributed by atoms with Crippen molar-refractivity contribution in [3.63, 3.8) is 0 Å². The predicted molar refractivity (Wildman–Crippen MR) is 69.1 cm³/mol. The number of benzene rings is 1. The van der Waals surface area contributed by atoms with Crippen LogP contribution in [0.4, 0.5) is 10.1 Å². The lowest BCUT2D eigenvalue weighted by molar-refractivity contribution is 0.141. The van der Waals surface area contributed by atoms with Gasteiger partial charge >= 0.3 is 0 Å². The molecule has 0 aromatic heterocycles. The largest absolute Gasteiger partial charge is 0.380 e. The zero-order chi connectivity index (χ0) is 13.8. The van der Waals surface area contributed by atoms with Gasteiger partial charge in [0.15, 0.2) is 9.84 Å². The molecule has 1 aromatic rings. The fourth-order valence-corrected chi connectivity index (χ4v) is 2.09. The van der Waals surface area contributed by atoms with Gasteiger partial charge in [-0.15, -0.1) is 0 Å². The monoisotopic (exact) mass is 275 g/mol. The summed E-state index contributed by atoms with van der Waals surface area (Å²) < 4.78 is 41.5. The van der Waals surface area contributed by atoms with Crippen molar-refractivity contribution in [2.75, 3.05) is 24.8 Å². The van der Waals surface area contributed by atoms with E-state index in [-0.39, 0.29) is 16.6 Å². The summed E-state index contributed by atoms with van der Waals surface area (Å²) in [7, 11) is -3.33. The van der Waals surface area contributed by atoms with E-state index < -0.39 is 15.7 Å². The van der Waals surface area contributed by atoms with Crippen LogP contribution in [0, 0.1) is 5.82 Å². The van der Waals surface area contributed by atoms with Crippen LogP contribution in [0.1, 0.15) is 13.8 Å². The Kier molecular flexibility index (Phi) is 5.10. The molecule has 0 aliphatic rings. The molecule has 0 bridgehead atoms. The molecule has 0 spiro atoms. The first-order chi connectivity index (χ1) is 8.34. The van der Waals surface area contributed by atoms with Gasteiger partial charge in [-0.05, 0) is 32.0 Å². The van der Waals surface area contributed by atoms with Gasteiger partial charge in [-0.2, -0.15) is 0 Å². The summed E-state index contributed by atoms with van der Waals surface area (Å²) in [6, 6.07) is 3.59. The van der Waals surface area contributed by atoms with Crippen LogP contribution in [-0.2, 0) is 14.6 Å². The lowest BCUT2D eigenvalue weighted by Crippen LogP contribution is -2.22. The third-order valence-electron chi connectivity index (χ3n) is 2.34. The molecular weight excluding hydrogens is 257 g/mol. The number of rotatable bonds is 6. The smallest absolute Gasteiger partial charge is 0.175 e. The Morgan fingerprint density at radius 2 is 2.11 bits per heavy atom. The Hall–Kier alpha value is -1.14. The molecule has 0 aliphatic carbocycles. The SMILES string of the molecule is CCOCC(C)Nc1cc(S(C)(=O)=O)ccc1F. The second-order valence-electron chi connectivity index (χ2n) is 4.12. The molecule has 0 heterocycles. The van der Waals surface area contributed by atoms with Crippen LogP contribution < -0.4 is 5.32 Å². The molecule has 0 aliphatic heterocycles. The first-order valence-electron chi connectivity index (χ1n) is 5.68. The summed E-state index contributed by atoms with van der Waals surface area (Å²) in [5, 5.41) is 2.89. The van der Waals surface area contributed by atoms with Gasteiger partial charge in [0.25, 0.3) is 0 Å². The van der Waals surface area contributed by atoms with Crippen LogP contribution >= 0.6 is 0 Å². The van der Waals surface area contributed by atoms with Crippen molar-refractivity contribution in [1.29, 1.82) is 0 Å². The summed E-state index contributed by atoms with van der Waals surface area (Å²) >= 11 is 0. The molecule has 1 atom stereocenters. The minimum Gasteiger partial charge on any atom is -0.380 e. The number of halogens is 1. The second kappa shape index (κ2) is 6.15. The Balaban J connectivity index is 2.88. The molecule has 1 rings (SSSR count). The molecule has 0 saturated carbocycles. The van der Waals surface area contributed by atoms with E-state index in [1.807, 2.05) is 13.8 Å². The summed E-state index contributed by atoms with van der Waals surface area (Å²) in [6.45, 7) is 4.72. The van der Waals surface area contributed by atoms with E-state index in [4.69, 9.17) is 4.74 Å². The summed E-state index contributed by atoms with van der Waals surface area (Å²) in [6.07, 6.45) is 1.09. The van der Waals surface area contributed by atoms with E-state index in [0.29, 0.717) is 13.2 Å². The van der Waals surface area contributed by atoms with Crippen molar-refractivity contribution in [2.24, 2.45) is 0 Å². The predicted octanol–water partition coefficient (Wildman–Crippen LogP) is 2.07. The molecule has 0 saturated heterocycles. The Bertz CT molecular complexity index is 502. The second-order valence-corrected chi connectivity index (χ2v) is 6.13. The highest BCUT2D eigenvalue weighted by atomic mass is 32.2. The fourth-order valence-electron chi connectivity index (χ4n) is 1.45. The van der Waals surface area contributed by atoms with E-state index in [9.17, 15) is 12.8 Å². The normalized spacial score (nSPS) is 13.3. The zero-order valence-electron chi connectivity index (χ0n) is 10.7. The topological polar surface area (TPSA) is 55.4 Å². The van der Waals surface area contributed by atoms with Crippen LogP contribution in [-0.4, -0.2) is 33.9 Å². The maximum Gasteiger partial charge on any atom is 0.175 e. The molecule has 18 heavy (non-hydrogen) atoms. The maximum absolute atomic E-state index is 13.5. The third kappa shape index (κ3) is 4.27. The van der Waals surface area contributed by atoms with Gasteiger partial charge in [0.1, 0.15) is 5.82 Å². The lowest BCUT2D eigenvalue weighted by atomic mass is 10.2. The molecule has 0 amide bonds. The third-order valence-corrected chi connectivity index (χ3v) is 3.45. The minimum absolute atomic E-state index is 0.0926. The Labute approximate surface area is 107 Å². The van der Waals surface area contributed by atoms with Gasteiger partial charge in [-0.25, -0.2) is 12.8 Å². The number of nitrogens with one attached hydrogen (secondary N) is 1. The molecule has 1 aromatic carbocycles. The molecular formula is C12H18FNO3S. The van der Waals surface area contributed by atoms with E-state index in [0.717, 1.165) is 12.3 Å². The van der Waals surface area contributed by atoms with Gasteiger partial charge in [0.2, 0.25) is 0 Å². The Morgan fingerprint density at radius 3 is 2.67 bits per heavy atom. The van der Waals surface area contributed by atoms with Crippen LogP contribution in [0.15, 0.2) is 23.1 Å². The number of sulfone groups is 1. The van der Waals surface area contributed by atoms with Crippen molar-refractivity contribution < 1.29 is 17.5 Å². The average molecular weight is 275 g/mol. The number of hydrogen-bond donors (Lipinski definition) is 1. The quantitative estimate of drug-likeness (QED) is 0.807. The highest BCUT2D eigenvalue weighted by Crippen LogP contribution is 2.20. The molecule has 102 valence electrons. The number of anilines is 1. The molecule has 1 unspecified atom stereocenters. The van der Waals surface area contributed by atoms with E-state index in [1.165, 1.54) is 12.1 Å². The Morgan fingerprint density at radius 1 is 1.44 bits per heavy atom. The van der Waals surface area contributed by atoms with Gasteiger partial charge < -0.3 is 10.1 Å². The standard InChI is InChI=1S/C12H18FNO3S/c1-4-17-8-9(2)14-12-7-10(18(3,15)16)5-6-11(12)13/h5-7,9,14H,4,8H2,1-3H3. The maximum atomic E-state index is 13.5. The van der Waals surface area contributed by atoms with Crippen LogP contribution in [0.25, 0.3) is 0 Å². The van der Waals surface area contributed by atoms with E-state index >= 15 is 0 Å². The zero-order valence-corrected chi connectivity index (χ0v) is 11.6. The van der Waals surface area contributed by atoms with Gasteiger partial charge in [0, 0.05) is 18.9 Å². The molecule has 6 heteroatoms. The van der Waals surface area contributed by atoms with Crippen LogP contribution in [0.3, 0.4) is 0 Å². The summed E-state index contributed by atoms with van der Waals surface area (Å²) in [5.41, 5.74) is 0.171. The van der Waals surface area contributed by atoms with Gasteiger partial charge in [-0.3, -0.25) is 0 Å². The highest BCUT2D eigenvalue weighted by molar-refractivity contribution is 7.90. The van der Waals surface area contributed by atoms with Crippen LogP contribution in [0.2, 0.25) is 0 Å². The first-order valence-corrected chi connectivity index (χ1v) is 7.57. The van der Waals surface area contributed by atoms with Crippen molar-refractivity contribution >= 4 is 15.5 Å². The van der Waals surface area contributed by atoms with Crippen molar-refractivity contribution in [3.8, 4) is 0 Å². The summed E-state index contributed by atoms with van der Waals surface area (Å²) in [5.74, 6) is -0.481. The van der Waals surface area contributed by atoms with Gasteiger partial charge in [-0.1, -0.05) is 0 Å². The lowest BCUT2D eigenvalue weighted by Gasteiger charge is -2.16. The molecule has 0 fully saturated rings. The summed E-state index contributed by atoms with van der Waals surface area (Å²) in [4.78, 5) is 0.0926. The van der Waals surface area contributed by atoms with Gasteiger partial charge in [0.05, 0.1) is 17.2 Å². The van der Waals surface area contributed by atoms with E-state index in [1.54, 1.807) is 0 Å². The van der Waals surface area contributed by atoms with Crippen molar-refractivity contribution in [2.45, 2.75) is 24.8 Å². The average Bonchev–Trinajstić information content (AvgIpc) is 2.28. The van der Waals surface area contributed by atoms with Crippen LogP contribution in [0.5, 0.6) is 0 Å². The van der Waals surface area contributed by atoms with Crippen molar-refractivity contribution in [3.05, 3.63) is 24.0 Å². The molecule has 1 N–H and O–H groups in total. The first kappa shape index (κ1) is 14.9.